The maximum absolute atomic E-state index is 12.3. The third kappa shape index (κ3) is 4.57. The van der Waals surface area contributed by atoms with Crippen molar-refractivity contribution in [1.82, 2.24) is 0 Å². The van der Waals surface area contributed by atoms with E-state index in [4.69, 9.17) is 9.47 Å². The van der Waals surface area contributed by atoms with E-state index in [-0.39, 0.29) is 11.8 Å². The Bertz CT molecular complexity index is 726. The van der Waals surface area contributed by atoms with Crippen molar-refractivity contribution >= 4 is 23.2 Å². The summed E-state index contributed by atoms with van der Waals surface area (Å²) < 4.78 is 10.2. The highest BCUT2D eigenvalue weighted by molar-refractivity contribution is 6.04. The van der Waals surface area contributed by atoms with Crippen LogP contribution >= 0.6 is 0 Å². The monoisotopic (exact) mass is 328 g/mol. The predicted molar refractivity (Wildman–Crippen MR) is 92.4 cm³/mol. The first-order valence-corrected chi connectivity index (χ1v) is 7.38. The molecule has 126 valence electrons. The standard InChI is InChI=1S/C18H20N2O4/c1-12(21)19-16-10-15(8-9-17(16)24-3)20-18(22)14-6-4-13(5-7-14)11-23-2/h4-10H,11H2,1-3H3,(H,19,21)(H,20,22). The van der Waals surface area contributed by atoms with Gasteiger partial charge in [0.1, 0.15) is 5.75 Å². The summed E-state index contributed by atoms with van der Waals surface area (Å²) in [6.07, 6.45) is 0. The number of nitrogens with one attached hydrogen (secondary N) is 2. The van der Waals surface area contributed by atoms with Crippen LogP contribution in [-0.2, 0) is 16.1 Å². The molecule has 0 bridgehead atoms. The van der Waals surface area contributed by atoms with E-state index in [1.807, 2.05) is 12.1 Å². The lowest BCUT2D eigenvalue weighted by molar-refractivity contribution is -0.114. The second-order valence-electron chi connectivity index (χ2n) is 5.18. The molecule has 0 saturated heterocycles. The summed E-state index contributed by atoms with van der Waals surface area (Å²) in [5.41, 5.74) is 2.59. The van der Waals surface area contributed by atoms with Gasteiger partial charge < -0.3 is 20.1 Å². The molecule has 0 atom stereocenters. The highest BCUT2D eigenvalue weighted by Crippen LogP contribution is 2.28. The highest BCUT2D eigenvalue weighted by atomic mass is 16.5. The van der Waals surface area contributed by atoms with Crippen LogP contribution in [0.5, 0.6) is 5.75 Å². The number of carbonyl (C=O) groups excluding carboxylic acids is 2. The number of methoxy groups -OCH3 is 2. The molecule has 0 fully saturated rings. The van der Waals surface area contributed by atoms with Gasteiger partial charge in [-0.05, 0) is 35.9 Å². The SMILES string of the molecule is COCc1ccc(C(=O)Nc2ccc(OC)c(NC(C)=O)c2)cc1. The van der Waals surface area contributed by atoms with Crippen LogP contribution in [0.3, 0.4) is 0 Å². The Hall–Kier alpha value is -2.86. The second-order valence-corrected chi connectivity index (χ2v) is 5.18. The maximum atomic E-state index is 12.3. The van der Waals surface area contributed by atoms with Gasteiger partial charge in [-0.15, -0.1) is 0 Å². The van der Waals surface area contributed by atoms with E-state index >= 15 is 0 Å². The van der Waals surface area contributed by atoms with Crippen molar-refractivity contribution in [3.63, 3.8) is 0 Å². The molecule has 6 nitrogen and oxygen atoms in total. The second kappa shape index (κ2) is 8.12. The van der Waals surface area contributed by atoms with Gasteiger partial charge in [-0.25, -0.2) is 0 Å². The molecule has 2 rings (SSSR count). The van der Waals surface area contributed by atoms with E-state index in [0.717, 1.165) is 5.56 Å². The van der Waals surface area contributed by atoms with E-state index in [1.54, 1.807) is 37.4 Å². The zero-order valence-electron chi connectivity index (χ0n) is 13.9. The molecule has 0 aliphatic carbocycles. The fourth-order valence-corrected chi connectivity index (χ4v) is 2.20. The molecular weight excluding hydrogens is 308 g/mol. The molecule has 24 heavy (non-hydrogen) atoms. The van der Waals surface area contributed by atoms with Gasteiger partial charge in [-0.2, -0.15) is 0 Å². The van der Waals surface area contributed by atoms with E-state index < -0.39 is 0 Å². The summed E-state index contributed by atoms with van der Waals surface area (Å²) in [5, 5.41) is 5.47. The number of hydrogen-bond donors (Lipinski definition) is 2. The van der Waals surface area contributed by atoms with E-state index in [2.05, 4.69) is 10.6 Å². The number of ether oxygens (including phenoxy) is 2. The van der Waals surface area contributed by atoms with Gasteiger partial charge >= 0.3 is 0 Å². The molecule has 0 spiro atoms. The molecule has 0 heterocycles. The van der Waals surface area contributed by atoms with Crippen molar-refractivity contribution in [2.75, 3.05) is 24.9 Å². The van der Waals surface area contributed by atoms with Crippen LogP contribution in [0, 0.1) is 0 Å². The van der Waals surface area contributed by atoms with Crippen molar-refractivity contribution < 1.29 is 19.1 Å². The molecule has 6 heteroatoms. The first-order chi connectivity index (χ1) is 11.5. The Labute approximate surface area is 140 Å². The fourth-order valence-electron chi connectivity index (χ4n) is 2.20. The van der Waals surface area contributed by atoms with Crippen LogP contribution in [0.2, 0.25) is 0 Å². The summed E-state index contributed by atoms with van der Waals surface area (Å²) in [7, 11) is 3.14. The van der Waals surface area contributed by atoms with Crippen molar-refractivity contribution in [1.29, 1.82) is 0 Å². The summed E-state index contributed by atoms with van der Waals surface area (Å²) in [4.78, 5) is 23.6. The molecule has 0 radical (unpaired) electrons. The Morgan fingerprint density at radius 3 is 2.29 bits per heavy atom. The van der Waals surface area contributed by atoms with E-state index in [0.29, 0.717) is 29.3 Å². The minimum absolute atomic E-state index is 0.217. The lowest BCUT2D eigenvalue weighted by Crippen LogP contribution is -2.13. The highest BCUT2D eigenvalue weighted by Gasteiger charge is 2.10. The molecule has 2 aromatic carbocycles. The van der Waals surface area contributed by atoms with Crippen LogP contribution in [0.25, 0.3) is 0 Å². The van der Waals surface area contributed by atoms with Crippen LogP contribution in [-0.4, -0.2) is 26.0 Å². The summed E-state index contributed by atoms with van der Waals surface area (Å²) in [6, 6.07) is 12.2. The lowest BCUT2D eigenvalue weighted by Gasteiger charge is -2.12. The number of benzene rings is 2. The van der Waals surface area contributed by atoms with Gasteiger partial charge in [-0.1, -0.05) is 12.1 Å². The van der Waals surface area contributed by atoms with Gasteiger partial charge in [0.2, 0.25) is 5.91 Å². The molecular formula is C18H20N2O4. The maximum Gasteiger partial charge on any atom is 0.255 e. The topological polar surface area (TPSA) is 76.7 Å². The Kier molecular flexibility index (Phi) is 5.92. The number of carbonyl (C=O) groups is 2. The van der Waals surface area contributed by atoms with Gasteiger partial charge in [0.25, 0.3) is 5.91 Å². The predicted octanol–water partition coefficient (Wildman–Crippen LogP) is 3.05. The normalized spacial score (nSPS) is 10.1. The molecule has 2 aromatic rings. The quantitative estimate of drug-likeness (QED) is 0.854. The van der Waals surface area contributed by atoms with E-state index in [9.17, 15) is 9.59 Å². The number of anilines is 2. The Morgan fingerprint density at radius 2 is 1.71 bits per heavy atom. The molecule has 0 aliphatic rings. The van der Waals surface area contributed by atoms with Crippen LogP contribution < -0.4 is 15.4 Å². The molecule has 2 amide bonds. The smallest absolute Gasteiger partial charge is 0.255 e. The molecule has 2 N–H and O–H groups in total. The van der Waals surface area contributed by atoms with Crippen LogP contribution in [0.4, 0.5) is 11.4 Å². The van der Waals surface area contributed by atoms with Crippen molar-refractivity contribution in [3.05, 3.63) is 53.6 Å². The summed E-state index contributed by atoms with van der Waals surface area (Å²) in [5.74, 6) is 0.0653. The van der Waals surface area contributed by atoms with Gasteiger partial charge in [-0.3, -0.25) is 9.59 Å². The molecule has 0 unspecified atom stereocenters. The van der Waals surface area contributed by atoms with Gasteiger partial charge in [0.05, 0.1) is 19.4 Å². The van der Waals surface area contributed by atoms with E-state index in [1.165, 1.54) is 14.0 Å². The minimum Gasteiger partial charge on any atom is -0.495 e. The largest absolute Gasteiger partial charge is 0.495 e. The first kappa shape index (κ1) is 17.5. The molecule has 0 aromatic heterocycles. The van der Waals surface area contributed by atoms with Crippen molar-refractivity contribution in [2.45, 2.75) is 13.5 Å². The number of amides is 2. The molecule has 0 saturated carbocycles. The van der Waals surface area contributed by atoms with Crippen molar-refractivity contribution in [3.8, 4) is 5.75 Å². The van der Waals surface area contributed by atoms with Gasteiger partial charge in [0, 0.05) is 25.3 Å². The first-order valence-electron chi connectivity index (χ1n) is 7.38. The zero-order valence-corrected chi connectivity index (χ0v) is 13.9. The van der Waals surface area contributed by atoms with Crippen molar-refractivity contribution in [2.24, 2.45) is 0 Å². The lowest BCUT2D eigenvalue weighted by atomic mass is 10.1. The minimum atomic E-state index is -0.238. The fraction of sp³-hybridized carbons (Fsp3) is 0.222. The molecule has 0 aliphatic heterocycles. The summed E-state index contributed by atoms with van der Waals surface area (Å²) in [6.45, 7) is 1.91. The van der Waals surface area contributed by atoms with Gasteiger partial charge in [0.15, 0.2) is 0 Å². The zero-order chi connectivity index (χ0) is 17.5. The third-order valence-electron chi connectivity index (χ3n) is 3.30. The van der Waals surface area contributed by atoms with Crippen LogP contribution in [0.15, 0.2) is 42.5 Å². The third-order valence-corrected chi connectivity index (χ3v) is 3.30. The Balaban J connectivity index is 2.14. The van der Waals surface area contributed by atoms with Crippen LogP contribution in [0.1, 0.15) is 22.8 Å². The summed E-state index contributed by atoms with van der Waals surface area (Å²) >= 11 is 0. The Morgan fingerprint density at radius 1 is 1.00 bits per heavy atom. The average molecular weight is 328 g/mol. The number of hydrogen-bond acceptors (Lipinski definition) is 4. The average Bonchev–Trinajstić information content (AvgIpc) is 2.55. The number of rotatable bonds is 6.